The summed E-state index contributed by atoms with van der Waals surface area (Å²) in [6.07, 6.45) is 1.08. The molecule has 0 aliphatic heterocycles. The third kappa shape index (κ3) is 8.99. The van der Waals surface area contributed by atoms with Crippen LogP contribution < -0.4 is 16.0 Å². The van der Waals surface area contributed by atoms with Crippen molar-refractivity contribution < 1.29 is 19.1 Å². The van der Waals surface area contributed by atoms with Crippen LogP contribution in [0.1, 0.15) is 55.4 Å². The first-order chi connectivity index (χ1) is 18.7. The topological polar surface area (TPSA) is 96.5 Å². The Morgan fingerprint density at radius 3 is 2.08 bits per heavy atom. The molecule has 39 heavy (non-hydrogen) atoms. The number of alkyl carbamates (subject to hydrolysis) is 1. The Labute approximate surface area is 230 Å². The molecule has 3 unspecified atom stereocenters. The van der Waals surface area contributed by atoms with E-state index in [0.717, 1.165) is 28.7 Å². The van der Waals surface area contributed by atoms with E-state index in [1.165, 1.54) is 0 Å². The van der Waals surface area contributed by atoms with Crippen LogP contribution in [-0.4, -0.2) is 35.6 Å². The van der Waals surface area contributed by atoms with Crippen LogP contribution in [0.15, 0.2) is 84.9 Å². The zero-order chi connectivity index (χ0) is 27.8. The van der Waals surface area contributed by atoms with Gasteiger partial charge >= 0.3 is 12.1 Å². The summed E-state index contributed by atoms with van der Waals surface area (Å²) in [5, 5.41) is 8.65. The minimum absolute atomic E-state index is 0.0567. The molecule has 0 spiro atoms. The van der Waals surface area contributed by atoms with E-state index in [0.29, 0.717) is 13.0 Å². The molecule has 3 aromatic rings. The second-order valence-electron chi connectivity index (χ2n) is 11.0. The van der Waals surface area contributed by atoms with Gasteiger partial charge in [0.05, 0.1) is 6.04 Å². The maximum absolute atomic E-state index is 13.3. The molecule has 1 saturated carbocycles. The number of ketones is 1. The first-order valence-corrected chi connectivity index (χ1v) is 13.4. The molecule has 3 amide bonds. The van der Waals surface area contributed by atoms with Gasteiger partial charge in [0.2, 0.25) is 0 Å². The first kappa shape index (κ1) is 27.9. The van der Waals surface area contributed by atoms with Crippen LogP contribution in [-0.2, 0) is 28.9 Å². The lowest BCUT2D eigenvalue weighted by molar-refractivity contribution is -0.120. The molecule has 4 rings (SSSR count). The number of nitrogens with one attached hydrogen (secondary N) is 3. The molecule has 204 valence electrons. The monoisotopic (exact) mass is 527 g/mol. The van der Waals surface area contributed by atoms with Gasteiger partial charge in [-0.2, -0.15) is 0 Å². The van der Waals surface area contributed by atoms with Crippen LogP contribution in [0.4, 0.5) is 9.59 Å². The van der Waals surface area contributed by atoms with Crippen LogP contribution in [0.3, 0.4) is 0 Å². The lowest BCUT2D eigenvalue weighted by Gasteiger charge is -2.19. The number of amides is 3. The normalized spacial score (nSPS) is 17.0. The standard InChI is InChI=1S/C32H37N3O4/c1-32(2,3)39-31(38)35-27-20-26(27)25-16-14-23(15-17-25)19-29(36)28(18-22-10-6-4-7-11-22)34-30(37)33-21-24-12-8-5-9-13-24/h4-17,26-28H,18-21H2,1-3H3,(H,35,38)(H2,33,34,37). The molecule has 0 bridgehead atoms. The second-order valence-corrected chi connectivity index (χ2v) is 11.0. The predicted octanol–water partition coefficient (Wildman–Crippen LogP) is 5.29. The highest BCUT2D eigenvalue weighted by molar-refractivity contribution is 5.90. The number of hydrogen-bond donors (Lipinski definition) is 3. The van der Waals surface area contributed by atoms with Crippen molar-refractivity contribution in [1.82, 2.24) is 16.0 Å². The number of hydrogen-bond acceptors (Lipinski definition) is 4. The molecule has 1 fully saturated rings. The molecule has 1 aliphatic rings. The van der Waals surface area contributed by atoms with Gasteiger partial charge in [0.1, 0.15) is 5.60 Å². The van der Waals surface area contributed by atoms with Crippen molar-refractivity contribution in [3.8, 4) is 0 Å². The molecule has 0 saturated heterocycles. The summed E-state index contributed by atoms with van der Waals surface area (Å²) in [4.78, 5) is 38.1. The van der Waals surface area contributed by atoms with Crippen LogP contribution in [0.2, 0.25) is 0 Å². The molecule has 3 N–H and O–H groups in total. The van der Waals surface area contributed by atoms with E-state index in [-0.39, 0.29) is 30.2 Å². The molecule has 7 nitrogen and oxygen atoms in total. The van der Waals surface area contributed by atoms with Crippen LogP contribution >= 0.6 is 0 Å². The molecular formula is C32H37N3O4. The van der Waals surface area contributed by atoms with E-state index in [9.17, 15) is 14.4 Å². The van der Waals surface area contributed by atoms with Crippen LogP contribution in [0.5, 0.6) is 0 Å². The Hall–Kier alpha value is -4.13. The zero-order valence-corrected chi connectivity index (χ0v) is 22.8. The van der Waals surface area contributed by atoms with E-state index in [1.807, 2.05) is 106 Å². The van der Waals surface area contributed by atoms with Crippen molar-refractivity contribution in [2.75, 3.05) is 0 Å². The van der Waals surface area contributed by atoms with E-state index in [1.54, 1.807) is 0 Å². The van der Waals surface area contributed by atoms with E-state index in [2.05, 4.69) is 16.0 Å². The second kappa shape index (κ2) is 12.6. The van der Waals surface area contributed by atoms with Crippen molar-refractivity contribution >= 4 is 17.9 Å². The van der Waals surface area contributed by atoms with Gasteiger partial charge in [-0.05, 0) is 55.9 Å². The van der Waals surface area contributed by atoms with Gasteiger partial charge in [0, 0.05) is 24.9 Å². The summed E-state index contributed by atoms with van der Waals surface area (Å²) < 4.78 is 5.34. The lowest BCUT2D eigenvalue weighted by Crippen LogP contribution is -2.47. The summed E-state index contributed by atoms with van der Waals surface area (Å²) in [5.74, 6) is 0.181. The quantitative estimate of drug-likeness (QED) is 0.334. The molecule has 7 heteroatoms. The fraction of sp³-hybridized carbons (Fsp3) is 0.344. The highest BCUT2D eigenvalue weighted by atomic mass is 16.6. The van der Waals surface area contributed by atoms with E-state index >= 15 is 0 Å². The number of carbonyl (C=O) groups excluding carboxylic acids is 3. The third-order valence-corrected chi connectivity index (χ3v) is 6.55. The molecule has 0 heterocycles. The number of benzene rings is 3. The Morgan fingerprint density at radius 2 is 1.46 bits per heavy atom. The fourth-order valence-corrected chi connectivity index (χ4v) is 4.47. The molecule has 3 atom stereocenters. The summed E-state index contributed by atoms with van der Waals surface area (Å²) >= 11 is 0. The molecule has 3 aromatic carbocycles. The van der Waals surface area contributed by atoms with Gasteiger partial charge in [-0.3, -0.25) is 4.79 Å². The number of carbonyl (C=O) groups is 3. The minimum Gasteiger partial charge on any atom is -0.444 e. The Balaban J connectivity index is 1.33. The van der Waals surface area contributed by atoms with Gasteiger partial charge in [-0.25, -0.2) is 9.59 Å². The average Bonchev–Trinajstić information content (AvgIpc) is 3.66. The summed E-state index contributed by atoms with van der Waals surface area (Å²) in [5.41, 5.74) is 3.43. The van der Waals surface area contributed by atoms with Crippen molar-refractivity contribution in [3.63, 3.8) is 0 Å². The molecule has 0 radical (unpaired) electrons. The summed E-state index contributed by atoms with van der Waals surface area (Å²) in [6.45, 7) is 5.90. The van der Waals surface area contributed by atoms with Gasteiger partial charge in [-0.15, -0.1) is 0 Å². The first-order valence-electron chi connectivity index (χ1n) is 13.4. The molecule has 0 aromatic heterocycles. The molecular weight excluding hydrogens is 490 g/mol. The van der Waals surface area contributed by atoms with E-state index in [4.69, 9.17) is 4.74 Å². The largest absolute Gasteiger partial charge is 0.444 e. The van der Waals surface area contributed by atoms with Gasteiger partial charge < -0.3 is 20.7 Å². The SMILES string of the molecule is CC(C)(C)OC(=O)NC1CC1c1ccc(CC(=O)C(Cc2ccccc2)NC(=O)NCc2ccccc2)cc1. The number of Topliss-reactive ketones (excluding diaryl/α,β-unsaturated/α-hetero) is 1. The maximum atomic E-state index is 13.3. The minimum atomic E-state index is -0.659. The average molecular weight is 528 g/mol. The Morgan fingerprint density at radius 1 is 0.846 bits per heavy atom. The summed E-state index contributed by atoms with van der Waals surface area (Å²) in [6, 6.07) is 26.3. The van der Waals surface area contributed by atoms with E-state index < -0.39 is 17.7 Å². The maximum Gasteiger partial charge on any atom is 0.407 e. The smallest absolute Gasteiger partial charge is 0.407 e. The van der Waals surface area contributed by atoms with Crippen molar-refractivity contribution in [2.45, 2.75) is 70.2 Å². The third-order valence-electron chi connectivity index (χ3n) is 6.55. The molecule has 1 aliphatic carbocycles. The highest BCUT2D eigenvalue weighted by Gasteiger charge is 2.40. The van der Waals surface area contributed by atoms with Crippen molar-refractivity contribution in [2.24, 2.45) is 0 Å². The number of urea groups is 1. The van der Waals surface area contributed by atoms with Gasteiger partial charge in [-0.1, -0.05) is 84.9 Å². The van der Waals surface area contributed by atoms with Crippen LogP contribution in [0, 0.1) is 0 Å². The highest BCUT2D eigenvalue weighted by Crippen LogP contribution is 2.41. The number of rotatable bonds is 10. The van der Waals surface area contributed by atoms with Crippen molar-refractivity contribution in [1.29, 1.82) is 0 Å². The fourth-order valence-electron chi connectivity index (χ4n) is 4.47. The Kier molecular flexibility index (Phi) is 9.02. The number of ether oxygens (including phenoxy) is 1. The van der Waals surface area contributed by atoms with Crippen molar-refractivity contribution in [3.05, 3.63) is 107 Å². The Bertz CT molecular complexity index is 1250. The van der Waals surface area contributed by atoms with Crippen LogP contribution in [0.25, 0.3) is 0 Å². The predicted molar refractivity (Wildman–Crippen MR) is 151 cm³/mol. The lowest BCUT2D eigenvalue weighted by atomic mass is 9.97. The van der Waals surface area contributed by atoms with Gasteiger partial charge in [0.25, 0.3) is 0 Å². The van der Waals surface area contributed by atoms with Gasteiger partial charge in [0.15, 0.2) is 5.78 Å². The zero-order valence-electron chi connectivity index (χ0n) is 22.8. The summed E-state index contributed by atoms with van der Waals surface area (Å²) in [7, 11) is 0.